The van der Waals surface area contributed by atoms with Crippen molar-refractivity contribution in [1.29, 1.82) is 0 Å². The van der Waals surface area contributed by atoms with Gasteiger partial charge in [-0.1, -0.05) is 36.4 Å². The molecule has 5 heterocycles. The minimum atomic E-state index is -0.385. The van der Waals surface area contributed by atoms with Crippen molar-refractivity contribution in [1.82, 2.24) is 30.6 Å². The molecule has 5 aromatic rings. The molecule has 2 amide bonds. The van der Waals surface area contributed by atoms with E-state index in [2.05, 4.69) is 66.9 Å². The summed E-state index contributed by atoms with van der Waals surface area (Å²) in [5, 5.41) is 7.87. The van der Waals surface area contributed by atoms with Crippen LogP contribution in [0.4, 0.5) is 10.7 Å². The highest BCUT2D eigenvalue weighted by molar-refractivity contribution is 8.18. The molecule has 0 saturated carbocycles. The first-order chi connectivity index (χ1) is 21.1. The second-order valence-corrected chi connectivity index (χ2v) is 11.8. The predicted octanol–water partition coefficient (Wildman–Crippen LogP) is 5.57. The van der Waals surface area contributed by atoms with Crippen molar-refractivity contribution in [2.45, 2.75) is 19.4 Å². The lowest BCUT2D eigenvalue weighted by atomic mass is 9.96. The number of imide groups is 1. The zero-order valence-electron chi connectivity index (χ0n) is 23.4. The zero-order chi connectivity index (χ0) is 29.2. The number of carbonyl (C=O) groups is 2. The summed E-state index contributed by atoms with van der Waals surface area (Å²) in [6.45, 7) is 3.33. The van der Waals surface area contributed by atoms with Gasteiger partial charge in [-0.3, -0.25) is 19.9 Å². The molecule has 0 bridgehead atoms. The van der Waals surface area contributed by atoms with Crippen LogP contribution in [0.2, 0.25) is 0 Å². The lowest BCUT2D eigenvalue weighted by Crippen LogP contribution is -2.38. The van der Waals surface area contributed by atoms with E-state index in [1.54, 1.807) is 18.3 Å². The summed E-state index contributed by atoms with van der Waals surface area (Å²) in [4.78, 5) is 44.7. The number of anilines is 1. The normalized spacial score (nSPS) is 16.8. The third-order valence-corrected chi connectivity index (χ3v) is 8.75. The second kappa shape index (κ2) is 11.9. The van der Waals surface area contributed by atoms with Gasteiger partial charge in [0.2, 0.25) is 5.95 Å². The molecule has 2 aliphatic heterocycles. The Hall–Kier alpha value is -4.67. The average Bonchev–Trinajstić information content (AvgIpc) is 3.36. The van der Waals surface area contributed by atoms with Crippen molar-refractivity contribution >= 4 is 56.7 Å². The summed E-state index contributed by atoms with van der Waals surface area (Å²) >= 11 is 0.890. The molecule has 43 heavy (non-hydrogen) atoms. The van der Waals surface area contributed by atoms with E-state index in [9.17, 15) is 9.59 Å². The Morgan fingerprint density at radius 3 is 2.56 bits per heavy atom. The second-order valence-electron chi connectivity index (χ2n) is 10.8. The number of carbonyl (C=O) groups excluding carboxylic acids is 2. The van der Waals surface area contributed by atoms with Gasteiger partial charge in [0.25, 0.3) is 11.1 Å². The molecule has 214 valence electrons. The number of rotatable bonds is 7. The molecule has 0 aliphatic carbocycles. The number of benzene rings is 2. The first-order valence-electron chi connectivity index (χ1n) is 14.4. The van der Waals surface area contributed by atoms with Crippen LogP contribution in [0.3, 0.4) is 0 Å². The van der Waals surface area contributed by atoms with Gasteiger partial charge in [-0.25, -0.2) is 15.0 Å². The van der Waals surface area contributed by atoms with Crippen LogP contribution in [0.25, 0.3) is 39.1 Å². The highest BCUT2D eigenvalue weighted by atomic mass is 32.2. The molecule has 0 radical (unpaired) electrons. The third kappa shape index (κ3) is 5.84. The lowest BCUT2D eigenvalue weighted by Gasteiger charge is -2.32. The fraction of sp³-hybridized carbons (Fsp3) is 0.212. The Bertz CT molecular complexity index is 1880. The SMILES string of the molecule is O=C1NC(=O)C(=Cc2ccnc(N3CCC(CNCc4cc5ccccc5nc4-c4ccnc5ccccc45)CC3)n2)S1. The third-order valence-electron chi connectivity index (χ3n) is 7.94. The molecule has 2 aliphatic rings. The van der Waals surface area contributed by atoms with Crippen molar-refractivity contribution in [3.63, 3.8) is 0 Å². The number of para-hydroxylation sites is 2. The molecule has 2 fully saturated rings. The minimum absolute atomic E-state index is 0.348. The first-order valence-corrected chi connectivity index (χ1v) is 15.2. The highest BCUT2D eigenvalue weighted by Gasteiger charge is 2.26. The molecule has 2 saturated heterocycles. The van der Waals surface area contributed by atoms with Gasteiger partial charge >= 0.3 is 0 Å². The van der Waals surface area contributed by atoms with E-state index in [1.165, 1.54) is 5.56 Å². The number of hydrogen-bond donors (Lipinski definition) is 2. The number of aromatic nitrogens is 4. The van der Waals surface area contributed by atoms with Crippen molar-refractivity contribution in [3.8, 4) is 11.3 Å². The van der Waals surface area contributed by atoms with Crippen molar-refractivity contribution in [2.75, 3.05) is 24.5 Å². The molecule has 0 unspecified atom stereocenters. The Morgan fingerprint density at radius 1 is 0.930 bits per heavy atom. The van der Waals surface area contributed by atoms with E-state index >= 15 is 0 Å². The van der Waals surface area contributed by atoms with E-state index in [0.29, 0.717) is 22.5 Å². The first kappa shape index (κ1) is 27.2. The van der Waals surface area contributed by atoms with E-state index in [1.807, 2.05) is 30.5 Å². The molecule has 2 aromatic carbocycles. The largest absolute Gasteiger partial charge is 0.341 e. The summed E-state index contributed by atoms with van der Waals surface area (Å²) in [7, 11) is 0. The van der Waals surface area contributed by atoms with Gasteiger partial charge in [0, 0.05) is 48.4 Å². The predicted molar refractivity (Wildman–Crippen MR) is 170 cm³/mol. The zero-order valence-corrected chi connectivity index (χ0v) is 24.2. The van der Waals surface area contributed by atoms with E-state index < -0.39 is 0 Å². The van der Waals surface area contributed by atoms with Gasteiger partial charge in [-0.15, -0.1) is 0 Å². The molecule has 0 atom stereocenters. The van der Waals surface area contributed by atoms with Crippen LogP contribution < -0.4 is 15.5 Å². The van der Waals surface area contributed by atoms with Gasteiger partial charge in [-0.05, 0) is 79.0 Å². The molecular formula is C33H29N7O2S. The maximum Gasteiger partial charge on any atom is 0.290 e. The van der Waals surface area contributed by atoms with Gasteiger partial charge in [0.1, 0.15) is 0 Å². The number of nitrogens with zero attached hydrogens (tertiary/aromatic N) is 5. The van der Waals surface area contributed by atoms with Crippen LogP contribution in [0.15, 0.2) is 84.0 Å². The monoisotopic (exact) mass is 587 g/mol. The smallest absolute Gasteiger partial charge is 0.290 e. The molecule has 0 spiro atoms. The maximum atomic E-state index is 11.9. The fourth-order valence-electron chi connectivity index (χ4n) is 5.73. The molecule has 9 nitrogen and oxygen atoms in total. The van der Waals surface area contributed by atoms with E-state index in [-0.39, 0.29) is 11.1 Å². The molecule has 7 rings (SSSR count). The number of pyridine rings is 2. The summed E-state index contributed by atoms with van der Waals surface area (Å²) < 4.78 is 0. The fourth-order valence-corrected chi connectivity index (χ4v) is 6.39. The number of piperidine rings is 1. The minimum Gasteiger partial charge on any atom is -0.341 e. The van der Waals surface area contributed by atoms with Crippen molar-refractivity contribution in [3.05, 3.63) is 95.3 Å². The average molecular weight is 588 g/mol. The Kier molecular flexibility index (Phi) is 7.53. The number of amides is 2. The van der Waals surface area contributed by atoms with E-state index in [4.69, 9.17) is 4.98 Å². The van der Waals surface area contributed by atoms with Crippen LogP contribution in [0.1, 0.15) is 24.1 Å². The summed E-state index contributed by atoms with van der Waals surface area (Å²) in [6.07, 6.45) is 7.24. The Labute approximate surface area is 252 Å². The summed E-state index contributed by atoms with van der Waals surface area (Å²) in [5.41, 5.74) is 5.81. The topological polar surface area (TPSA) is 113 Å². The number of nitrogens with one attached hydrogen (secondary N) is 2. The molecule has 10 heteroatoms. The van der Waals surface area contributed by atoms with Gasteiger partial charge < -0.3 is 10.2 Å². The summed E-state index contributed by atoms with van der Waals surface area (Å²) in [6, 6.07) is 22.5. The maximum absolute atomic E-state index is 11.9. The van der Waals surface area contributed by atoms with Crippen molar-refractivity contribution in [2.24, 2.45) is 5.92 Å². The lowest BCUT2D eigenvalue weighted by molar-refractivity contribution is -0.115. The Morgan fingerprint density at radius 2 is 1.72 bits per heavy atom. The van der Waals surface area contributed by atoms with Crippen LogP contribution in [0.5, 0.6) is 0 Å². The number of fused-ring (bicyclic) bond motifs is 2. The molecule has 2 N–H and O–H groups in total. The van der Waals surface area contributed by atoms with E-state index in [0.717, 1.165) is 83.8 Å². The van der Waals surface area contributed by atoms with Gasteiger partial charge in [0.15, 0.2) is 0 Å². The van der Waals surface area contributed by atoms with Crippen LogP contribution in [-0.2, 0) is 11.3 Å². The van der Waals surface area contributed by atoms with Crippen LogP contribution in [0, 0.1) is 5.92 Å². The summed E-state index contributed by atoms with van der Waals surface area (Å²) in [5.74, 6) is 0.793. The van der Waals surface area contributed by atoms with Gasteiger partial charge in [0.05, 0.1) is 27.3 Å². The van der Waals surface area contributed by atoms with Crippen LogP contribution in [-0.4, -0.2) is 50.7 Å². The quantitative estimate of drug-likeness (QED) is 0.236. The molecular weight excluding hydrogens is 558 g/mol. The number of hydrogen-bond acceptors (Lipinski definition) is 9. The highest BCUT2D eigenvalue weighted by Crippen LogP contribution is 2.31. The number of thioether (sulfide) groups is 1. The van der Waals surface area contributed by atoms with Gasteiger partial charge in [-0.2, -0.15) is 0 Å². The van der Waals surface area contributed by atoms with Crippen molar-refractivity contribution < 1.29 is 9.59 Å². The Balaban J connectivity index is 1.02. The standard InChI is InChI=1S/C33H29N7O2S/c41-31-29(43-33(42)39-31)18-24-9-13-36-32(37-24)40-15-11-21(12-16-40)19-34-20-23-17-22-5-1-3-7-27(22)38-30(23)26-10-14-35-28-8-4-2-6-25(26)28/h1-10,13-14,17-18,21,34H,11-12,15-16,19-20H2,(H,39,41,42). The molecule has 3 aromatic heterocycles. The van der Waals surface area contributed by atoms with Crippen LogP contribution >= 0.6 is 11.8 Å².